The number of rotatable bonds is 4. The van der Waals surface area contributed by atoms with Crippen LogP contribution in [0.3, 0.4) is 0 Å². The van der Waals surface area contributed by atoms with Crippen LogP contribution in [-0.2, 0) is 6.54 Å². The van der Waals surface area contributed by atoms with E-state index in [-0.39, 0.29) is 5.56 Å². The van der Waals surface area contributed by atoms with Crippen LogP contribution < -0.4 is 10.9 Å². The Bertz CT molecular complexity index is 562. The summed E-state index contributed by atoms with van der Waals surface area (Å²) in [6, 6.07) is 7.84. The number of aryl methyl sites for hydroxylation is 1. The summed E-state index contributed by atoms with van der Waals surface area (Å²) in [6.07, 6.45) is 2.55. The van der Waals surface area contributed by atoms with Gasteiger partial charge in [0.2, 0.25) is 0 Å². The lowest BCUT2D eigenvalue weighted by molar-refractivity contribution is 0.502. The lowest BCUT2D eigenvalue weighted by atomic mass is 10.2. The second kappa shape index (κ2) is 5.10. The van der Waals surface area contributed by atoms with Crippen LogP contribution in [0.25, 0.3) is 10.9 Å². The maximum Gasteiger partial charge on any atom is 0.261 e. The van der Waals surface area contributed by atoms with Crippen LogP contribution in [-0.4, -0.2) is 22.6 Å². The molecule has 0 aliphatic rings. The molecule has 2 rings (SSSR count). The van der Waals surface area contributed by atoms with E-state index in [0.29, 0.717) is 18.0 Å². The van der Waals surface area contributed by atoms with Gasteiger partial charge in [0.05, 0.1) is 17.2 Å². The van der Waals surface area contributed by atoms with Crippen LogP contribution in [0.5, 0.6) is 0 Å². The number of nitrogens with one attached hydrogen (secondary N) is 1. The van der Waals surface area contributed by atoms with Crippen LogP contribution in [0.2, 0.25) is 0 Å². The minimum Gasteiger partial charge on any atom is -0.317 e. The molecule has 1 unspecified atom stereocenters. The Hall–Kier alpha value is -1.68. The zero-order valence-electron chi connectivity index (χ0n) is 10.2. The fourth-order valence-electron chi connectivity index (χ4n) is 1.74. The number of aromatic nitrogens is 2. The number of hydrogen-bond acceptors (Lipinski definition) is 3. The van der Waals surface area contributed by atoms with Crippen molar-refractivity contribution in [3.63, 3.8) is 0 Å². The molecule has 4 heteroatoms. The van der Waals surface area contributed by atoms with Gasteiger partial charge >= 0.3 is 0 Å². The first-order chi connectivity index (χ1) is 8.22. The topological polar surface area (TPSA) is 46.9 Å². The van der Waals surface area contributed by atoms with Gasteiger partial charge in [-0.3, -0.25) is 9.36 Å². The lowest BCUT2D eigenvalue weighted by Crippen LogP contribution is -2.27. The molecule has 1 aromatic heterocycles. The van der Waals surface area contributed by atoms with Crippen molar-refractivity contribution in [1.29, 1.82) is 0 Å². The number of benzene rings is 1. The van der Waals surface area contributed by atoms with Crippen LogP contribution in [0.15, 0.2) is 35.4 Å². The zero-order chi connectivity index (χ0) is 12.3. The van der Waals surface area contributed by atoms with Gasteiger partial charge in [-0.15, -0.1) is 0 Å². The standard InChI is InChI=1S/C13H17N3O/c1-10(14-2)7-8-16-9-15-12-6-4-3-5-11(12)13(16)17/h3-6,9-10,14H,7-8H2,1-2H3. The molecule has 0 amide bonds. The zero-order valence-corrected chi connectivity index (χ0v) is 10.2. The summed E-state index contributed by atoms with van der Waals surface area (Å²) in [5, 5.41) is 3.84. The molecule has 1 aromatic carbocycles. The van der Waals surface area contributed by atoms with Crippen molar-refractivity contribution >= 4 is 10.9 Å². The first kappa shape index (κ1) is 11.8. The molecule has 0 fully saturated rings. The second-order valence-corrected chi connectivity index (χ2v) is 4.24. The molecule has 4 nitrogen and oxygen atoms in total. The molecule has 1 atom stereocenters. The molecule has 1 N–H and O–H groups in total. The third-order valence-corrected chi connectivity index (χ3v) is 3.03. The van der Waals surface area contributed by atoms with E-state index in [9.17, 15) is 4.79 Å². The Morgan fingerprint density at radius 3 is 2.94 bits per heavy atom. The summed E-state index contributed by atoms with van der Waals surface area (Å²) in [6.45, 7) is 2.79. The van der Waals surface area contributed by atoms with Gasteiger partial charge in [0.25, 0.3) is 5.56 Å². The summed E-state index contributed by atoms with van der Waals surface area (Å²) in [5.74, 6) is 0. The summed E-state index contributed by atoms with van der Waals surface area (Å²) in [7, 11) is 1.92. The van der Waals surface area contributed by atoms with E-state index in [1.165, 1.54) is 0 Å². The maximum atomic E-state index is 12.1. The average Bonchev–Trinajstić information content (AvgIpc) is 2.38. The van der Waals surface area contributed by atoms with Crippen molar-refractivity contribution in [2.45, 2.75) is 25.9 Å². The molecular formula is C13H17N3O. The highest BCUT2D eigenvalue weighted by Gasteiger charge is 2.04. The molecular weight excluding hydrogens is 214 g/mol. The summed E-state index contributed by atoms with van der Waals surface area (Å²) >= 11 is 0. The van der Waals surface area contributed by atoms with E-state index in [4.69, 9.17) is 0 Å². The molecule has 90 valence electrons. The minimum absolute atomic E-state index is 0.0407. The van der Waals surface area contributed by atoms with E-state index in [2.05, 4.69) is 17.2 Å². The van der Waals surface area contributed by atoms with Crippen molar-refractivity contribution < 1.29 is 0 Å². The van der Waals surface area contributed by atoms with E-state index < -0.39 is 0 Å². The monoisotopic (exact) mass is 231 g/mol. The Kier molecular flexibility index (Phi) is 3.54. The molecule has 0 aliphatic heterocycles. The maximum absolute atomic E-state index is 12.1. The smallest absolute Gasteiger partial charge is 0.261 e. The van der Waals surface area contributed by atoms with Gasteiger partial charge in [-0.05, 0) is 32.5 Å². The fraction of sp³-hybridized carbons (Fsp3) is 0.385. The number of para-hydroxylation sites is 1. The average molecular weight is 231 g/mol. The van der Waals surface area contributed by atoms with E-state index in [0.717, 1.165) is 11.9 Å². The minimum atomic E-state index is 0.0407. The van der Waals surface area contributed by atoms with Crippen molar-refractivity contribution in [2.75, 3.05) is 7.05 Å². The first-order valence-electron chi connectivity index (χ1n) is 5.84. The lowest BCUT2D eigenvalue weighted by Gasteiger charge is -2.11. The second-order valence-electron chi connectivity index (χ2n) is 4.24. The highest BCUT2D eigenvalue weighted by atomic mass is 16.1. The van der Waals surface area contributed by atoms with Gasteiger partial charge in [0.1, 0.15) is 0 Å². The van der Waals surface area contributed by atoms with Crippen molar-refractivity contribution in [3.8, 4) is 0 Å². The van der Waals surface area contributed by atoms with Gasteiger partial charge in [-0.25, -0.2) is 4.98 Å². The van der Waals surface area contributed by atoms with Crippen molar-refractivity contribution in [2.24, 2.45) is 0 Å². The van der Waals surface area contributed by atoms with Crippen molar-refractivity contribution in [1.82, 2.24) is 14.9 Å². The largest absolute Gasteiger partial charge is 0.317 e. The highest BCUT2D eigenvalue weighted by Crippen LogP contribution is 2.05. The Balaban J connectivity index is 2.30. The molecule has 0 radical (unpaired) electrons. The summed E-state index contributed by atoms with van der Waals surface area (Å²) < 4.78 is 1.68. The normalized spacial score (nSPS) is 12.8. The van der Waals surface area contributed by atoms with Crippen molar-refractivity contribution in [3.05, 3.63) is 40.9 Å². The Morgan fingerprint density at radius 1 is 1.41 bits per heavy atom. The molecule has 0 aliphatic carbocycles. The Morgan fingerprint density at radius 2 is 2.18 bits per heavy atom. The summed E-state index contributed by atoms with van der Waals surface area (Å²) in [5.41, 5.74) is 0.800. The van der Waals surface area contributed by atoms with Gasteiger partial charge < -0.3 is 5.32 Å². The third-order valence-electron chi connectivity index (χ3n) is 3.03. The van der Waals surface area contributed by atoms with E-state index in [1.807, 2.05) is 31.3 Å². The predicted octanol–water partition coefficient (Wildman–Crippen LogP) is 1.39. The molecule has 0 bridgehead atoms. The van der Waals surface area contributed by atoms with Crippen LogP contribution in [0.1, 0.15) is 13.3 Å². The summed E-state index contributed by atoms with van der Waals surface area (Å²) in [4.78, 5) is 16.4. The first-order valence-corrected chi connectivity index (χ1v) is 5.84. The van der Waals surface area contributed by atoms with Gasteiger partial charge in [-0.2, -0.15) is 0 Å². The molecule has 0 saturated carbocycles. The quantitative estimate of drug-likeness (QED) is 0.865. The molecule has 1 heterocycles. The molecule has 0 spiro atoms. The van der Waals surface area contributed by atoms with E-state index in [1.54, 1.807) is 10.9 Å². The molecule has 2 aromatic rings. The number of hydrogen-bond donors (Lipinski definition) is 1. The fourth-order valence-corrected chi connectivity index (χ4v) is 1.74. The molecule has 17 heavy (non-hydrogen) atoms. The number of fused-ring (bicyclic) bond motifs is 1. The van der Waals surface area contributed by atoms with Gasteiger partial charge in [0, 0.05) is 12.6 Å². The van der Waals surface area contributed by atoms with E-state index >= 15 is 0 Å². The Labute approximate surface area is 100 Å². The van der Waals surface area contributed by atoms with Crippen LogP contribution in [0, 0.1) is 0 Å². The number of nitrogens with zero attached hydrogens (tertiary/aromatic N) is 2. The van der Waals surface area contributed by atoms with Crippen LogP contribution in [0.4, 0.5) is 0 Å². The van der Waals surface area contributed by atoms with Gasteiger partial charge in [-0.1, -0.05) is 12.1 Å². The SMILES string of the molecule is CNC(C)CCn1cnc2ccccc2c1=O. The van der Waals surface area contributed by atoms with Crippen LogP contribution >= 0.6 is 0 Å². The van der Waals surface area contributed by atoms with Gasteiger partial charge in [0.15, 0.2) is 0 Å². The predicted molar refractivity (Wildman–Crippen MR) is 69.1 cm³/mol. The highest BCUT2D eigenvalue weighted by molar-refractivity contribution is 5.76. The molecule has 0 saturated heterocycles. The third kappa shape index (κ3) is 2.53.